The average Bonchev–Trinajstić information content (AvgIpc) is 3.49. The number of hydrogen-bond acceptors (Lipinski definition) is 5. The number of carbonyl (C=O) groups is 2. The normalized spacial score (nSPS) is 23.0. The van der Waals surface area contributed by atoms with Gasteiger partial charge in [0.1, 0.15) is 17.2 Å². The van der Waals surface area contributed by atoms with Crippen LogP contribution in [0.25, 0.3) is 11.0 Å². The van der Waals surface area contributed by atoms with Crippen molar-refractivity contribution >= 4 is 51.8 Å². The topological polar surface area (TPSA) is 76.5 Å². The summed E-state index contributed by atoms with van der Waals surface area (Å²) in [6, 6.07) is 17.3. The molecule has 230 valence electrons. The summed E-state index contributed by atoms with van der Waals surface area (Å²) in [6.07, 6.45) is 1.59. The minimum absolute atomic E-state index is 0.00399. The van der Waals surface area contributed by atoms with Crippen LogP contribution in [0.5, 0.6) is 0 Å². The van der Waals surface area contributed by atoms with Gasteiger partial charge in [-0.3, -0.25) is 9.69 Å². The Hall–Kier alpha value is -3.46. The maximum atomic E-state index is 16.1. The van der Waals surface area contributed by atoms with Crippen LogP contribution in [0, 0.1) is 11.7 Å². The first-order chi connectivity index (χ1) is 21.0. The second-order valence-electron chi connectivity index (χ2n) is 12.3. The molecular formula is C34H35Cl2FN4O3. The Morgan fingerprint density at radius 3 is 2.64 bits per heavy atom. The predicted octanol–water partition coefficient (Wildman–Crippen LogP) is 7.67. The van der Waals surface area contributed by atoms with E-state index in [1.54, 1.807) is 48.5 Å². The molecule has 1 aromatic heterocycles. The summed E-state index contributed by atoms with van der Waals surface area (Å²) < 4.78 is 23.2. The minimum atomic E-state index is -1.18. The third kappa shape index (κ3) is 5.07. The van der Waals surface area contributed by atoms with Crippen LogP contribution in [0.2, 0.25) is 10.0 Å². The van der Waals surface area contributed by atoms with Gasteiger partial charge in [-0.2, -0.15) is 0 Å². The maximum absolute atomic E-state index is 16.1. The summed E-state index contributed by atoms with van der Waals surface area (Å²) in [5.74, 6) is -1.05. The highest BCUT2D eigenvalue weighted by atomic mass is 35.5. The van der Waals surface area contributed by atoms with E-state index in [2.05, 4.69) is 28.6 Å². The van der Waals surface area contributed by atoms with Crippen molar-refractivity contribution in [3.8, 4) is 0 Å². The van der Waals surface area contributed by atoms with E-state index in [1.807, 2.05) is 13.0 Å². The lowest BCUT2D eigenvalue weighted by atomic mass is 9.73. The number of nitrogens with one attached hydrogen (secondary N) is 1. The quantitative estimate of drug-likeness (QED) is 0.211. The Bertz CT molecular complexity index is 1760. The summed E-state index contributed by atoms with van der Waals surface area (Å²) in [5, 5.41) is 3.61. The van der Waals surface area contributed by atoms with Crippen LogP contribution in [0.3, 0.4) is 0 Å². The summed E-state index contributed by atoms with van der Waals surface area (Å²) in [7, 11) is 1.35. The van der Waals surface area contributed by atoms with Crippen molar-refractivity contribution < 1.29 is 18.7 Å². The maximum Gasteiger partial charge on any atom is 0.337 e. The van der Waals surface area contributed by atoms with Gasteiger partial charge < -0.3 is 14.6 Å². The molecule has 1 fully saturated rings. The van der Waals surface area contributed by atoms with Crippen LogP contribution < -0.4 is 5.32 Å². The summed E-state index contributed by atoms with van der Waals surface area (Å²) in [6.45, 7) is 7.54. The van der Waals surface area contributed by atoms with Crippen molar-refractivity contribution in [3.63, 3.8) is 0 Å². The van der Waals surface area contributed by atoms with E-state index in [0.717, 1.165) is 24.2 Å². The SMILES string of the molecule is COC(=O)c1ccc2c(c1)nc1n2CC[C@H]2[C@@H]1[C@H](c1cccc(Cl)c1F)[C@](C)(C(=O)Nc1cccc(Cl)c1)N2CCC(C)C. The van der Waals surface area contributed by atoms with Gasteiger partial charge in [0.05, 0.1) is 28.7 Å². The molecule has 44 heavy (non-hydrogen) atoms. The van der Waals surface area contributed by atoms with Gasteiger partial charge in [0.15, 0.2) is 0 Å². The van der Waals surface area contributed by atoms with Gasteiger partial charge in [-0.15, -0.1) is 0 Å². The second kappa shape index (κ2) is 11.8. The highest BCUT2D eigenvalue weighted by Gasteiger charge is 2.63. The molecule has 4 atom stereocenters. The number of methoxy groups -OCH3 is 1. The first-order valence-corrected chi connectivity index (χ1v) is 15.7. The van der Waals surface area contributed by atoms with E-state index >= 15 is 4.39 Å². The first-order valence-electron chi connectivity index (χ1n) is 14.9. The molecule has 2 aliphatic rings. The third-order valence-corrected chi connectivity index (χ3v) is 9.85. The number of aryl methyl sites for hydroxylation is 1. The van der Waals surface area contributed by atoms with Crippen LogP contribution in [-0.2, 0) is 16.1 Å². The molecule has 7 nitrogen and oxygen atoms in total. The number of halogens is 3. The highest BCUT2D eigenvalue weighted by molar-refractivity contribution is 6.31. The molecule has 1 amide bonds. The van der Waals surface area contributed by atoms with Gasteiger partial charge in [0, 0.05) is 35.1 Å². The fourth-order valence-corrected chi connectivity index (χ4v) is 7.61. The van der Waals surface area contributed by atoms with E-state index in [1.165, 1.54) is 13.2 Å². The number of likely N-dealkylation sites (tertiary alicyclic amines) is 1. The standard InChI is InChI=1S/C34H35Cl2FN4O3/c1-19(2)13-16-41-27-14-15-40-26-12-11-20(32(42)44-4)17-25(26)39-31(40)28(27)29(23-9-6-10-24(36)30(23)37)34(41,3)33(43)38-22-8-5-7-21(35)18-22/h5-12,17-19,27-29H,13-16H2,1-4H3,(H,38,43)/t27-,28+,29-,34+/m0/s1. The van der Waals surface area contributed by atoms with E-state index in [4.69, 9.17) is 32.9 Å². The largest absolute Gasteiger partial charge is 0.465 e. The van der Waals surface area contributed by atoms with E-state index < -0.39 is 23.2 Å². The fraction of sp³-hybridized carbons (Fsp3) is 0.382. The number of aromatic nitrogens is 2. The minimum Gasteiger partial charge on any atom is -0.465 e. The number of imidazole rings is 1. The summed E-state index contributed by atoms with van der Waals surface area (Å²) in [5.41, 5.74) is 1.69. The number of benzene rings is 3. The molecule has 3 aromatic carbocycles. The molecule has 0 unspecified atom stereocenters. The van der Waals surface area contributed by atoms with Crippen molar-refractivity contribution in [2.75, 3.05) is 19.0 Å². The van der Waals surface area contributed by atoms with Gasteiger partial charge in [0.2, 0.25) is 5.91 Å². The molecule has 2 aliphatic heterocycles. The Kier molecular flexibility index (Phi) is 8.20. The molecule has 4 aromatic rings. The zero-order chi connectivity index (χ0) is 31.3. The molecule has 0 saturated carbocycles. The average molecular weight is 638 g/mol. The van der Waals surface area contributed by atoms with Crippen LogP contribution in [0.1, 0.15) is 67.2 Å². The van der Waals surface area contributed by atoms with Crippen molar-refractivity contribution in [1.29, 1.82) is 0 Å². The third-order valence-electron chi connectivity index (χ3n) is 9.33. The van der Waals surface area contributed by atoms with Crippen LogP contribution in [0.4, 0.5) is 10.1 Å². The van der Waals surface area contributed by atoms with Crippen molar-refractivity contribution in [2.24, 2.45) is 5.92 Å². The number of nitrogens with zero attached hydrogens (tertiary/aromatic N) is 3. The van der Waals surface area contributed by atoms with Crippen LogP contribution in [0.15, 0.2) is 60.7 Å². The number of anilines is 1. The number of carbonyl (C=O) groups excluding carboxylic acids is 2. The lowest BCUT2D eigenvalue weighted by Crippen LogP contribution is -2.56. The molecule has 0 spiro atoms. The molecule has 10 heteroatoms. The lowest BCUT2D eigenvalue weighted by molar-refractivity contribution is -0.127. The molecule has 1 N–H and O–H groups in total. The number of rotatable bonds is 7. The Morgan fingerprint density at radius 2 is 1.91 bits per heavy atom. The summed E-state index contributed by atoms with van der Waals surface area (Å²) >= 11 is 12.7. The lowest BCUT2D eigenvalue weighted by Gasteiger charge is -2.40. The number of hydrogen-bond donors (Lipinski definition) is 1. The Morgan fingerprint density at radius 1 is 1.14 bits per heavy atom. The van der Waals surface area contributed by atoms with E-state index in [-0.39, 0.29) is 22.9 Å². The van der Waals surface area contributed by atoms with Crippen LogP contribution in [-0.4, -0.2) is 51.6 Å². The molecule has 0 aliphatic carbocycles. The monoisotopic (exact) mass is 636 g/mol. The Labute approximate surface area is 266 Å². The first kappa shape index (κ1) is 30.6. The molecule has 1 saturated heterocycles. The van der Waals surface area contributed by atoms with Crippen molar-refractivity contribution in [1.82, 2.24) is 14.5 Å². The van der Waals surface area contributed by atoms with Gasteiger partial charge >= 0.3 is 5.97 Å². The smallest absolute Gasteiger partial charge is 0.337 e. The van der Waals surface area contributed by atoms with E-state index in [9.17, 15) is 9.59 Å². The zero-order valence-electron chi connectivity index (χ0n) is 25.1. The number of ether oxygens (including phenoxy) is 1. The number of esters is 1. The number of amides is 1. The van der Waals surface area contributed by atoms with Crippen molar-refractivity contribution in [2.45, 2.75) is 63.6 Å². The van der Waals surface area contributed by atoms with Crippen LogP contribution >= 0.6 is 23.2 Å². The molecule has 6 rings (SSSR count). The van der Waals surface area contributed by atoms with Gasteiger partial charge in [-0.05, 0) is 80.3 Å². The predicted molar refractivity (Wildman–Crippen MR) is 171 cm³/mol. The molecular weight excluding hydrogens is 602 g/mol. The fourth-order valence-electron chi connectivity index (χ4n) is 7.24. The molecule has 0 bridgehead atoms. The molecule has 0 radical (unpaired) electrons. The second-order valence-corrected chi connectivity index (χ2v) is 13.2. The summed E-state index contributed by atoms with van der Waals surface area (Å²) in [4.78, 5) is 34.3. The Balaban J connectivity index is 1.56. The number of fused-ring (bicyclic) bond motifs is 5. The van der Waals surface area contributed by atoms with Gasteiger partial charge in [0.25, 0.3) is 0 Å². The van der Waals surface area contributed by atoms with Gasteiger partial charge in [-0.1, -0.05) is 55.2 Å². The zero-order valence-corrected chi connectivity index (χ0v) is 26.6. The van der Waals surface area contributed by atoms with E-state index in [0.29, 0.717) is 46.4 Å². The van der Waals surface area contributed by atoms with Crippen molar-refractivity contribution in [3.05, 3.63) is 93.5 Å². The molecule has 3 heterocycles. The van der Waals surface area contributed by atoms with Gasteiger partial charge in [-0.25, -0.2) is 14.2 Å². The highest BCUT2D eigenvalue weighted by Crippen LogP contribution is 2.57.